The van der Waals surface area contributed by atoms with Crippen molar-refractivity contribution >= 4 is 33.2 Å². The van der Waals surface area contributed by atoms with E-state index in [1.54, 1.807) is 30.3 Å². The van der Waals surface area contributed by atoms with Gasteiger partial charge in [-0.15, -0.1) is 26.3 Å². The van der Waals surface area contributed by atoms with Gasteiger partial charge in [0.2, 0.25) is 10.0 Å². The van der Waals surface area contributed by atoms with Crippen LogP contribution in [0.4, 0.5) is 26.3 Å². The van der Waals surface area contributed by atoms with Crippen LogP contribution in [0.2, 0.25) is 0 Å². The van der Waals surface area contributed by atoms with Crippen molar-refractivity contribution in [2.75, 3.05) is 6.26 Å². The number of ether oxygens (including phenoxy) is 2. The van der Waals surface area contributed by atoms with E-state index in [9.17, 15) is 34.8 Å². The number of hydrogen-bond acceptors (Lipinski definition) is 4. The minimum Gasteiger partial charge on any atom is -0.406 e. The summed E-state index contributed by atoms with van der Waals surface area (Å²) in [5.41, 5.74) is -1.77. The number of hydrogen-bond donors (Lipinski definition) is 1. The maximum Gasteiger partial charge on any atom is 0.573 e. The zero-order valence-electron chi connectivity index (χ0n) is 19.3. The normalized spacial score (nSPS) is 13.3. The molecule has 0 unspecified atom stereocenters. The third kappa shape index (κ3) is 7.68. The lowest BCUT2D eigenvalue weighted by atomic mass is 9.69. The molecule has 0 bridgehead atoms. The Kier molecular flexibility index (Phi) is 8.52. The second-order valence-corrected chi connectivity index (χ2v) is 11.2. The van der Waals surface area contributed by atoms with Crippen molar-refractivity contribution in [3.05, 3.63) is 95.6 Å². The van der Waals surface area contributed by atoms with E-state index in [1.165, 1.54) is 24.3 Å². The van der Waals surface area contributed by atoms with Crippen molar-refractivity contribution in [1.82, 2.24) is 4.72 Å². The second kappa shape index (κ2) is 10.8. The molecule has 38 heavy (non-hydrogen) atoms. The molecule has 0 spiro atoms. The maximum atomic E-state index is 13.0. The van der Waals surface area contributed by atoms with Crippen LogP contribution in [0.5, 0.6) is 11.5 Å². The maximum absolute atomic E-state index is 13.0. The zero-order chi connectivity index (χ0) is 28.4. The van der Waals surface area contributed by atoms with Gasteiger partial charge in [-0.1, -0.05) is 77.8 Å². The van der Waals surface area contributed by atoms with Crippen LogP contribution in [-0.2, 0) is 21.9 Å². The standard InChI is InChI=1S/C24H19Cl2F6NO4S/c1-38(34,35)33-22(25,26)21(15-16-7-3-2-4-8-16,17-9-5-11-19(13-17)36-23(27,28)29)18-10-6-12-20(14-18)37-24(30,31)32/h2-14,33H,15H2,1H3. The molecule has 0 radical (unpaired) electrons. The van der Waals surface area contributed by atoms with Gasteiger partial charge in [-0.25, -0.2) is 8.42 Å². The van der Waals surface area contributed by atoms with Gasteiger partial charge in [0.25, 0.3) is 0 Å². The Morgan fingerprint density at radius 1 is 0.737 bits per heavy atom. The molecule has 0 aromatic heterocycles. The number of sulfonamides is 1. The molecule has 0 aliphatic carbocycles. The predicted molar refractivity (Wildman–Crippen MR) is 130 cm³/mol. The van der Waals surface area contributed by atoms with Crippen molar-refractivity contribution in [3.8, 4) is 11.5 Å². The van der Waals surface area contributed by atoms with E-state index < -0.39 is 44.1 Å². The summed E-state index contributed by atoms with van der Waals surface area (Å²) in [5.74, 6) is -1.39. The van der Waals surface area contributed by atoms with Gasteiger partial charge in [0.15, 0.2) is 4.46 Å². The van der Waals surface area contributed by atoms with Gasteiger partial charge in [-0.05, 0) is 47.4 Å². The fourth-order valence-corrected chi connectivity index (χ4v) is 6.03. The molecule has 3 rings (SSSR count). The fraction of sp³-hybridized carbons (Fsp3) is 0.250. The Bertz CT molecular complexity index is 1310. The first-order valence-corrected chi connectivity index (χ1v) is 13.2. The number of nitrogens with one attached hydrogen (secondary N) is 1. The summed E-state index contributed by atoms with van der Waals surface area (Å²) in [4.78, 5) is 0. The predicted octanol–water partition coefficient (Wildman–Crippen LogP) is 6.69. The first-order chi connectivity index (χ1) is 17.4. The molecular weight excluding hydrogens is 583 g/mol. The summed E-state index contributed by atoms with van der Waals surface area (Å²) in [6, 6.07) is 16.9. The van der Waals surface area contributed by atoms with Gasteiger partial charge in [0.05, 0.1) is 11.7 Å². The van der Waals surface area contributed by atoms with Crippen LogP contribution in [0.1, 0.15) is 16.7 Å². The first kappa shape index (κ1) is 29.9. The summed E-state index contributed by atoms with van der Waals surface area (Å²) < 4.78 is 110. The minimum absolute atomic E-state index is 0.103. The quantitative estimate of drug-likeness (QED) is 0.168. The molecule has 0 heterocycles. The van der Waals surface area contributed by atoms with E-state index >= 15 is 0 Å². The lowest BCUT2D eigenvalue weighted by molar-refractivity contribution is -0.275. The molecule has 14 heteroatoms. The van der Waals surface area contributed by atoms with Gasteiger partial charge in [0.1, 0.15) is 11.5 Å². The van der Waals surface area contributed by atoms with E-state index in [0.717, 1.165) is 30.5 Å². The highest BCUT2D eigenvalue weighted by Crippen LogP contribution is 2.51. The zero-order valence-corrected chi connectivity index (χ0v) is 21.6. The Hall–Kier alpha value is -2.67. The topological polar surface area (TPSA) is 64.6 Å². The van der Waals surface area contributed by atoms with E-state index in [2.05, 4.69) is 14.2 Å². The van der Waals surface area contributed by atoms with Gasteiger partial charge >= 0.3 is 12.7 Å². The molecular formula is C24H19Cl2F6NO4S. The molecule has 5 nitrogen and oxygen atoms in total. The Balaban J connectivity index is 2.39. The SMILES string of the molecule is CS(=O)(=O)NC(Cl)(Cl)C(Cc1ccccc1)(c1cccc(OC(F)(F)F)c1)c1cccc(OC(F)(F)F)c1. The third-order valence-electron chi connectivity index (χ3n) is 5.28. The Morgan fingerprint density at radius 2 is 1.18 bits per heavy atom. The van der Waals surface area contributed by atoms with Crippen LogP contribution < -0.4 is 14.2 Å². The van der Waals surface area contributed by atoms with Gasteiger partial charge in [-0.2, -0.15) is 4.72 Å². The molecule has 0 aliphatic rings. The van der Waals surface area contributed by atoms with Crippen molar-refractivity contribution in [2.45, 2.75) is 29.0 Å². The molecule has 3 aromatic carbocycles. The van der Waals surface area contributed by atoms with Crippen LogP contribution in [0, 0.1) is 0 Å². The fourth-order valence-electron chi connectivity index (χ4n) is 3.98. The van der Waals surface area contributed by atoms with Gasteiger partial charge < -0.3 is 9.47 Å². The van der Waals surface area contributed by atoms with Crippen molar-refractivity contribution < 1.29 is 44.2 Å². The van der Waals surface area contributed by atoms with Crippen molar-refractivity contribution in [3.63, 3.8) is 0 Å². The molecule has 0 saturated carbocycles. The molecule has 0 saturated heterocycles. The van der Waals surface area contributed by atoms with Crippen LogP contribution in [0.15, 0.2) is 78.9 Å². The van der Waals surface area contributed by atoms with Crippen molar-refractivity contribution in [1.29, 1.82) is 0 Å². The summed E-state index contributed by atoms with van der Waals surface area (Å²) in [6.07, 6.45) is -9.70. The molecule has 0 amide bonds. The number of halogens is 8. The van der Waals surface area contributed by atoms with Crippen LogP contribution in [0.25, 0.3) is 0 Å². The van der Waals surface area contributed by atoms with E-state index in [1.807, 2.05) is 0 Å². The summed E-state index contributed by atoms with van der Waals surface area (Å²) in [5, 5.41) is 0. The van der Waals surface area contributed by atoms with Crippen LogP contribution in [0.3, 0.4) is 0 Å². The minimum atomic E-state index is -5.08. The number of alkyl halides is 8. The largest absolute Gasteiger partial charge is 0.573 e. The lowest BCUT2D eigenvalue weighted by Gasteiger charge is -2.44. The van der Waals surface area contributed by atoms with Crippen LogP contribution in [-0.4, -0.2) is 31.9 Å². The number of benzene rings is 3. The molecule has 0 aliphatic heterocycles. The van der Waals surface area contributed by atoms with E-state index in [-0.39, 0.29) is 17.5 Å². The highest BCUT2D eigenvalue weighted by Gasteiger charge is 2.54. The molecule has 1 N–H and O–H groups in total. The summed E-state index contributed by atoms with van der Waals surface area (Å²) in [7, 11) is -4.19. The number of rotatable bonds is 9. The van der Waals surface area contributed by atoms with Gasteiger partial charge in [-0.3, -0.25) is 0 Å². The average molecular weight is 602 g/mol. The molecule has 3 aromatic rings. The molecule has 0 atom stereocenters. The summed E-state index contributed by atoms with van der Waals surface area (Å²) in [6.45, 7) is 0. The smallest absolute Gasteiger partial charge is 0.406 e. The van der Waals surface area contributed by atoms with E-state index in [0.29, 0.717) is 5.56 Å². The highest BCUT2D eigenvalue weighted by atomic mass is 35.5. The third-order valence-corrected chi connectivity index (χ3v) is 7.02. The Morgan fingerprint density at radius 3 is 1.58 bits per heavy atom. The second-order valence-electron chi connectivity index (χ2n) is 8.17. The average Bonchev–Trinajstić information content (AvgIpc) is 2.74. The molecule has 206 valence electrons. The highest BCUT2D eigenvalue weighted by molar-refractivity contribution is 7.88. The monoisotopic (exact) mass is 601 g/mol. The lowest BCUT2D eigenvalue weighted by Crippen LogP contribution is -2.56. The van der Waals surface area contributed by atoms with Crippen LogP contribution >= 0.6 is 23.2 Å². The Labute approximate surface area is 224 Å². The van der Waals surface area contributed by atoms with E-state index in [4.69, 9.17) is 23.2 Å². The van der Waals surface area contributed by atoms with Crippen molar-refractivity contribution in [2.24, 2.45) is 0 Å². The van der Waals surface area contributed by atoms with Gasteiger partial charge in [0, 0.05) is 0 Å². The molecule has 0 fully saturated rings. The summed E-state index contributed by atoms with van der Waals surface area (Å²) >= 11 is 13.4. The first-order valence-electron chi connectivity index (χ1n) is 10.5.